The van der Waals surface area contributed by atoms with Gasteiger partial charge in [-0.3, -0.25) is 14.7 Å². The smallest absolute Gasteiger partial charge is 0.312 e. The second-order valence-corrected chi connectivity index (χ2v) is 3.67. The quantitative estimate of drug-likeness (QED) is 0.711. The maximum atomic E-state index is 11.3. The molecule has 6 nitrogen and oxygen atoms in total. The van der Waals surface area contributed by atoms with Crippen molar-refractivity contribution in [3.05, 3.63) is 36.5 Å². The minimum absolute atomic E-state index is 0.547. The highest BCUT2D eigenvalue weighted by atomic mass is 16.4. The number of hydrogen-bond donors (Lipinski definition) is 3. The van der Waals surface area contributed by atoms with Crippen LogP contribution >= 0.6 is 0 Å². The fourth-order valence-electron chi connectivity index (χ4n) is 1.52. The summed E-state index contributed by atoms with van der Waals surface area (Å²) in [5.74, 6) is -1.71. The van der Waals surface area contributed by atoms with Crippen LogP contribution in [0.3, 0.4) is 0 Å². The number of carboxylic acids is 1. The molecule has 0 radical (unpaired) electrons. The fraction of sp³-hybridized carbons (Fsp3) is 0.0833. The number of rotatable bonds is 4. The highest BCUT2D eigenvalue weighted by Crippen LogP contribution is 2.20. The van der Waals surface area contributed by atoms with E-state index < -0.39 is 18.3 Å². The zero-order chi connectivity index (χ0) is 13.0. The standard InChI is InChI=1S/C12H11N3O3/c16-11(7-12(17)18)14-9-3-1-2-8(6-9)10-4-5-13-15-10/h1-6H,7H2,(H,13,15)(H,14,16)(H,17,18). The zero-order valence-corrected chi connectivity index (χ0v) is 9.38. The van der Waals surface area contributed by atoms with E-state index in [4.69, 9.17) is 5.11 Å². The second kappa shape index (κ2) is 5.13. The van der Waals surface area contributed by atoms with Gasteiger partial charge in [-0.15, -0.1) is 0 Å². The average molecular weight is 245 g/mol. The summed E-state index contributed by atoms with van der Waals surface area (Å²) in [6, 6.07) is 8.87. The van der Waals surface area contributed by atoms with Gasteiger partial charge in [0.2, 0.25) is 5.91 Å². The lowest BCUT2D eigenvalue weighted by Gasteiger charge is -2.05. The third-order valence-corrected chi connectivity index (χ3v) is 2.27. The Labute approximate surface area is 103 Å². The van der Waals surface area contributed by atoms with Gasteiger partial charge in [0, 0.05) is 17.4 Å². The number of hydrogen-bond acceptors (Lipinski definition) is 3. The Morgan fingerprint density at radius 2 is 2.17 bits per heavy atom. The molecule has 0 fully saturated rings. The van der Waals surface area contributed by atoms with E-state index in [1.807, 2.05) is 6.07 Å². The summed E-state index contributed by atoms with van der Waals surface area (Å²) < 4.78 is 0. The number of H-pyrrole nitrogens is 1. The van der Waals surface area contributed by atoms with E-state index in [2.05, 4.69) is 15.5 Å². The molecular formula is C12H11N3O3. The molecule has 92 valence electrons. The van der Waals surface area contributed by atoms with Crippen molar-refractivity contribution in [3.8, 4) is 11.3 Å². The van der Waals surface area contributed by atoms with Crippen LogP contribution in [0.15, 0.2) is 36.5 Å². The van der Waals surface area contributed by atoms with Gasteiger partial charge in [0.05, 0.1) is 5.69 Å². The van der Waals surface area contributed by atoms with E-state index in [1.165, 1.54) is 0 Å². The molecule has 0 atom stereocenters. The van der Waals surface area contributed by atoms with E-state index >= 15 is 0 Å². The van der Waals surface area contributed by atoms with Crippen molar-refractivity contribution < 1.29 is 14.7 Å². The van der Waals surface area contributed by atoms with E-state index in [9.17, 15) is 9.59 Å². The number of amides is 1. The Morgan fingerprint density at radius 3 is 2.83 bits per heavy atom. The van der Waals surface area contributed by atoms with Crippen LogP contribution in [0.1, 0.15) is 6.42 Å². The van der Waals surface area contributed by atoms with Crippen molar-refractivity contribution in [1.82, 2.24) is 10.2 Å². The van der Waals surface area contributed by atoms with Gasteiger partial charge in [0.15, 0.2) is 0 Å². The van der Waals surface area contributed by atoms with Gasteiger partial charge < -0.3 is 10.4 Å². The lowest BCUT2D eigenvalue weighted by molar-refractivity contribution is -0.139. The monoisotopic (exact) mass is 245 g/mol. The third-order valence-electron chi connectivity index (χ3n) is 2.27. The zero-order valence-electron chi connectivity index (χ0n) is 9.38. The summed E-state index contributed by atoms with van der Waals surface area (Å²) in [5.41, 5.74) is 2.23. The molecule has 0 saturated carbocycles. The molecule has 0 spiro atoms. The van der Waals surface area contributed by atoms with Crippen LogP contribution in [0.4, 0.5) is 5.69 Å². The van der Waals surface area contributed by atoms with Crippen LogP contribution in [0.25, 0.3) is 11.3 Å². The van der Waals surface area contributed by atoms with E-state index in [0.29, 0.717) is 5.69 Å². The van der Waals surface area contributed by atoms with Crippen LogP contribution in [0.5, 0.6) is 0 Å². The molecule has 0 aliphatic rings. The molecule has 18 heavy (non-hydrogen) atoms. The number of carbonyl (C=O) groups excluding carboxylic acids is 1. The van der Waals surface area contributed by atoms with Gasteiger partial charge >= 0.3 is 5.97 Å². The molecule has 3 N–H and O–H groups in total. The number of aliphatic carboxylic acids is 1. The molecule has 0 unspecified atom stereocenters. The van der Waals surface area contributed by atoms with Crippen LogP contribution in [0.2, 0.25) is 0 Å². The Morgan fingerprint density at radius 1 is 1.33 bits per heavy atom. The number of nitrogens with one attached hydrogen (secondary N) is 2. The molecule has 0 aliphatic carbocycles. The predicted octanol–water partition coefficient (Wildman–Crippen LogP) is 1.49. The topological polar surface area (TPSA) is 95.1 Å². The van der Waals surface area contributed by atoms with Gasteiger partial charge in [0.1, 0.15) is 6.42 Å². The van der Waals surface area contributed by atoms with E-state index in [0.717, 1.165) is 11.3 Å². The molecule has 0 bridgehead atoms. The third kappa shape index (κ3) is 2.94. The van der Waals surface area contributed by atoms with Crippen molar-refractivity contribution in [2.75, 3.05) is 5.32 Å². The highest BCUT2D eigenvalue weighted by Gasteiger charge is 2.08. The number of nitrogens with zero attached hydrogens (tertiary/aromatic N) is 1. The minimum atomic E-state index is -1.16. The first-order chi connectivity index (χ1) is 8.65. The number of aromatic nitrogens is 2. The maximum Gasteiger partial charge on any atom is 0.312 e. The Bertz CT molecular complexity index is 564. The first-order valence-electron chi connectivity index (χ1n) is 5.26. The Kier molecular flexibility index (Phi) is 3.38. The SMILES string of the molecule is O=C(O)CC(=O)Nc1cccc(-c2ccn[nH]2)c1. The fourth-order valence-corrected chi connectivity index (χ4v) is 1.52. The van der Waals surface area contributed by atoms with Crippen LogP contribution in [-0.2, 0) is 9.59 Å². The molecule has 6 heteroatoms. The van der Waals surface area contributed by atoms with Gasteiger partial charge in [-0.25, -0.2) is 0 Å². The summed E-state index contributed by atoms with van der Waals surface area (Å²) >= 11 is 0. The molecule has 1 aromatic heterocycles. The summed E-state index contributed by atoms with van der Waals surface area (Å²) in [7, 11) is 0. The number of benzene rings is 1. The molecule has 1 heterocycles. The molecule has 0 saturated heterocycles. The number of aromatic amines is 1. The molecule has 2 aromatic rings. The Hall–Kier alpha value is -2.63. The molecular weight excluding hydrogens is 234 g/mol. The van der Waals surface area contributed by atoms with E-state index in [-0.39, 0.29) is 0 Å². The minimum Gasteiger partial charge on any atom is -0.481 e. The van der Waals surface area contributed by atoms with Gasteiger partial charge in [-0.05, 0) is 18.2 Å². The molecule has 0 aliphatic heterocycles. The summed E-state index contributed by atoms with van der Waals surface area (Å²) in [6.07, 6.45) is 1.08. The van der Waals surface area contributed by atoms with Crippen molar-refractivity contribution >= 4 is 17.6 Å². The van der Waals surface area contributed by atoms with Gasteiger partial charge in [-0.1, -0.05) is 12.1 Å². The lowest BCUT2D eigenvalue weighted by atomic mass is 10.1. The molecule has 1 amide bonds. The maximum absolute atomic E-state index is 11.3. The predicted molar refractivity (Wildman–Crippen MR) is 64.9 cm³/mol. The largest absolute Gasteiger partial charge is 0.481 e. The van der Waals surface area contributed by atoms with Crippen LogP contribution in [0, 0.1) is 0 Å². The average Bonchev–Trinajstić information content (AvgIpc) is 2.81. The Balaban J connectivity index is 2.13. The summed E-state index contributed by atoms with van der Waals surface area (Å²) in [6.45, 7) is 0. The summed E-state index contributed by atoms with van der Waals surface area (Å²) in [4.78, 5) is 21.7. The van der Waals surface area contributed by atoms with Gasteiger partial charge in [0.25, 0.3) is 0 Å². The van der Waals surface area contributed by atoms with Crippen molar-refractivity contribution in [2.45, 2.75) is 6.42 Å². The number of carbonyl (C=O) groups is 2. The first kappa shape index (κ1) is 11.8. The van der Waals surface area contributed by atoms with Crippen LogP contribution in [-0.4, -0.2) is 27.2 Å². The summed E-state index contributed by atoms with van der Waals surface area (Å²) in [5, 5.41) is 17.7. The second-order valence-electron chi connectivity index (χ2n) is 3.67. The molecule has 1 aromatic carbocycles. The van der Waals surface area contributed by atoms with E-state index in [1.54, 1.807) is 30.5 Å². The normalized spacial score (nSPS) is 10.0. The van der Waals surface area contributed by atoms with Gasteiger partial charge in [-0.2, -0.15) is 5.10 Å². The lowest BCUT2D eigenvalue weighted by Crippen LogP contribution is -2.15. The number of anilines is 1. The van der Waals surface area contributed by atoms with Crippen LogP contribution < -0.4 is 5.32 Å². The molecule has 2 rings (SSSR count). The van der Waals surface area contributed by atoms with Crippen molar-refractivity contribution in [3.63, 3.8) is 0 Å². The first-order valence-corrected chi connectivity index (χ1v) is 5.26. The number of carboxylic acid groups (broad SMARTS) is 1. The van der Waals surface area contributed by atoms with Crippen molar-refractivity contribution in [2.24, 2.45) is 0 Å². The highest BCUT2D eigenvalue weighted by molar-refractivity contribution is 6.01. The van der Waals surface area contributed by atoms with Crippen molar-refractivity contribution in [1.29, 1.82) is 0 Å².